The molecule has 1 heterocycles. The maximum atomic E-state index is 13.1. The van der Waals surface area contributed by atoms with Crippen LogP contribution >= 0.6 is 0 Å². The molecule has 2 nitrogen and oxygen atoms in total. The highest BCUT2D eigenvalue weighted by Gasteiger charge is 2.56. The maximum Gasteiger partial charge on any atom is 0.393 e. The van der Waals surface area contributed by atoms with E-state index in [-0.39, 0.29) is 24.3 Å². The molecule has 0 aromatic heterocycles. The summed E-state index contributed by atoms with van der Waals surface area (Å²) < 4.78 is 39.0. The molecule has 1 unspecified atom stereocenters. The third-order valence-electron chi connectivity index (χ3n) is 6.66. The number of nitrogens with zero attached hydrogens (tertiary/aromatic N) is 1. The molecule has 1 amide bonds. The standard InChI is InChI=1S/C17H24F3NO/c18-17(19,20)14-2-1-3-21(10-14)15(22)16-7-11-4-12(8-16)6-13(5-11)9-16/h11-14H,1-10H2. The molecule has 4 aliphatic carbocycles. The third-order valence-corrected chi connectivity index (χ3v) is 6.66. The van der Waals surface area contributed by atoms with Crippen LogP contribution in [0.25, 0.3) is 0 Å². The van der Waals surface area contributed by atoms with Crippen LogP contribution in [0.3, 0.4) is 0 Å². The molecular formula is C17H24F3NO. The van der Waals surface area contributed by atoms with Crippen molar-refractivity contribution in [1.82, 2.24) is 4.90 Å². The molecule has 1 atom stereocenters. The third kappa shape index (κ3) is 2.35. The summed E-state index contributed by atoms with van der Waals surface area (Å²) in [7, 11) is 0. The van der Waals surface area contributed by atoms with Crippen LogP contribution in [0.2, 0.25) is 0 Å². The van der Waals surface area contributed by atoms with Crippen LogP contribution in [0.1, 0.15) is 51.4 Å². The highest BCUT2D eigenvalue weighted by molar-refractivity contribution is 5.83. The van der Waals surface area contributed by atoms with E-state index in [0.717, 1.165) is 19.3 Å². The summed E-state index contributed by atoms with van der Waals surface area (Å²) in [4.78, 5) is 14.6. The Morgan fingerprint density at radius 2 is 1.55 bits per heavy atom. The fraction of sp³-hybridized carbons (Fsp3) is 0.941. The SMILES string of the molecule is O=C(N1CCCC(C(F)(F)F)C1)C12CC3CC(CC(C3)C1)C2. The first-order chi connectivity index (χ1) is 10.4. The van der Waals surface area contributed by atoms with Gasteiger partial charge < -0.3 is 4.90 Å². The van der Waals surface area contributed by atoms with Crippen LogP contribution in [-0.4, -0.2) is 30.1 Å². The quantitative estimate of drug-likeness (QED) is 0.716. The molecule has 124 valence electrons. The number of carbonyl (C=O) groups is 1. The lowest BCUT2D eigenvalue weighted by atomic mass is 9.49. The van der Waals surface area contributed by atoms with Crippen LogP contribution in [0.15, 0.2) is 0 Å². The highest BCUT2D eigenvalue weighted by atomic mass is 19.4. The van der Waals surface area contributed by atoms with Crippen molar-refractivity contribution in [2.45, 2.75) is 57.5 Å². The molecular weight excluding hydrogens is 291 g/mol. The van der Waals surface area contributed by atoms with Crippen LogP contribution in [0.4, 0.5) is 13.2 Å². The van der Waals surface area contributed by atoms with Gasteiger partial charge in [0.1, 0.15) is 0 Å². The molecule has 0 aromatic carbocycles. The van der Waals surface area contributed by atoms with Crippen molar-refractivity contribution in [2.24, 2.45) is 29.1 Å². The van der Waals surface area contributed by atoms with E-state index in [0.29, 0.717) is 30.7 Å². The zero-order valence-electron chi connectivity index (χ0n) is 12.9. The van der Waals surface area contributed by atoms with Crippen LogP contribution in [-0.2, 0) is 4.79 Å². The van der Waals surface area contributed by atoms with Gasteiger partial charge in [0.2, 0.25) is 5.91 Å². The van der Waals surface area contributed by atoms with Gasteiger partial charge in [0, 0.05) is 13.1 Å². The zero-order valence-corrected chi connectivity index (χ0v) is 12.9. The molecule has 5 aliphatic rings. The molecule has 22 heavy (non-hydrogen) atoms. The van der Waals surface area contributed by atoms with Gasteiger partial charge in [0.15, 0.2) is 0 Å². The average molecular weight is 315 g/mol. The fourth-order valence-electron chi connectivity index (χ4n) is 6.14. The van der Waals surface area contributed by atoms with Gasteiger partial charge in [0.25, 0.3) is 0 Å². The molecule has 0 aromatic rings. The van der Waals surface area contributed by atoms with E-state index in [2.05, 4.69) is 0 Å². The van der Waals surface area contributed by atoms with Gasteiger partial charge in [-0.25, -0.2) is 0 Å². The van der Waals surface area contributed by atoms with Crippen LogP contribution in [0.5, 0.6) is 0 Å². The fourth-order valence-corrected chi connectivity index (χ4v) is 6.14. The predicted octanol–water partition coefficient (Wildman–Crippen LogP) is 4.00. The Morgan fingerprint density at radius 3 is 2.05 bits per heavy atom. The molecule has 0 radical (unpaired) electrons. The summed E-state index contributed by atoms with van der Waals surface area (Å²) in [6, 6.07) is 0. The topological polar surface area (TPSA) is 20.3 Å². The number of rotatable bonds is 1. The van der Waals surface area contributed by atoms with E-state index < -0.39 is 12.1 Å². The first kappa shape index (κ1) is 14.8. The number of hydrogen-bond acceptors (Lipinski definition) is 1. The summed E-state index contributed by atoms with van der Waals surface area (Å²) in [5.74, 6) is 0.690. The molecule has 0 spiro atoms. The monoisotopic (exact) mass is 315 g/mol. The van der Waals surface area contributed by atoms with E-state index in [9.17, 15) is 18.0 Å². The largest absolute Gasteiger partial charge is 0.393 e. The second-order valence-electron chi connectivity index (χ2n) is 8.33. The number of piperidine rings is 1. The maximum absolute atomic E-state index is 13.1. The van der Waals surface area contributed by atoms with Crippen molar-refractivity contribution < 1.29 is 18.0 Å². The van der Waals surface area contributed by atoms with Gasteiger partial charge in [-0.05, 0) is 69.1 Å². The number of carbonyl (C=O) groups excluding carboxylic acids is 1. The molecule has 1 saturated heterocycles. The lowest BCUT2D eigenvalue weighted by molar-refractivity contribution is -0.192. The first-order valence-corrected chi connectivity index (χ1v) is 8.72. The van der Waals surface area contributed by atoms with Crippen molar-refractivity contribution >= 4 is 5.91 Å². The number of hydrogen-bond donors (Lipinski definition) is 0. The van der Waals surface area contributed by atoms with Crippen molar-refractivity contribution in [2.75, 3.05) is 13.1 Å². The Bertz CT molecular complexity index is 438. The van der Waals surface area contributed by atoms with Crippen molar-refractivity contribution in [1.29, 1.82) is 0 Å². The Kier molecular flexibility index (Phi) is 3.29. The summed E-state index contributed by atoms with van der Waals surface area (Å²) in [6.45, 7) is 0.414. The number of halogens is 3. The number of alkyl halides is 3. The predicted molar refractivity (Wildman–Crippen MR) is 76.0 cm³/mol. The van der Waals surface area contributed by atoms with E-state index >= 15 is 0 Å². The zero-order chi connectivity index (χ0) is 15.5. The molecule has 5 fully saturated rings. The molecule has 4 bridgehead atoms. The molecule has 1 aliphatic heterocycles. The van der Waals surface area contributed by atoms with Gasteiger partial charge >= 0.3 is 6.18 Å². The normalized spacial score (nSPS) is 44.4. The minimum absolute atomic E-state index is 0.0561. The second-order valence-corrected chi connectivity index (χ2v) is 8.33. The van der Waals surface area contributed by atoms with Crippen molar-refractivity contribution in [3.05, 3.63) is 0 Å². The lowest BCUT2D eigenvalue weighted by Crippen LogP contribution is -2.56. The smallest absolute Gasteiger partial charge is 0.342 e. The van der Waals surface area contributed by atoms with E-state index in [1.807, 2.05) is 0 Å². The first-order valence-electron chi connectivity index (χ1n) is 8.72. The number of amides is 1. The molecule has 0 N–H and O–H groups in total. The van der Waals surface area contributed by atoms with Crippen LogP contribution < -0.4 is 0 Å². The van der Waals surface area contributed by atoms with E-state index in [4.69, 9.17) is 0 Å². The Hall–Kier alpha value is -0.740. The highest BCUT2D eigenvalue weighted by Crippen LogP contribution is 2.60. The Labute approximate surface area is 129 Å². The summed E-state index contributed by atoms with van der Waals surface area (Å²) in [5, 5.41) is 0. The molecule has 4 saturated carbocycles. The summed E-state index contributed by atoms with van der Waals surface area (Å²) in [5.41, 5.74) is -0.303. The average Bonchev–Trinajstić information content (AvgIpc) is 2.44. The minimum atomic E-state index is -4.17. The minimum Gasteiger partial charge on any atom is -0.342 e. The Balaban J connectivity index is 1.52. The summed E-state index contributed by atoms with van der Waals surface area (Å²) >= 11 is 0. The second kappa shape index (κ2) is 4.88. The van der Waals surface area contributed by atoms with Crippen LogP contribution in [0, 0.1) is 29.1 Å². The molecule has 5 rings (SSSR count). The Morgan fingerprint density at radius 1 is 1.00 bits per heavy atom. The summed E-state index contributed by atoms with van der Waals surface area (Å²) in [6.07, 6.45) is 3.05. The van der Waals surface area contributed by atoms with Crippen molar-refractivity contribution in [3.8, 4) is 0 Å². The molecule has 5 heteroatoms. The lowest BCUT2D eigenvalue weighted by Gasteiger charge is -2.57. The van der Waals surface area contributed by atoms with Gasteiger partial charge in [-0.15, -0.1) is 0 Å². The van der Waals surface area contributed by atoms with Gasteiger partial charge in [-0.2, -0.15) is 13.2 Å². The van der Waals surface area contributed by atoms with Crippen molar-refractivity contribution in [3.63, 3.8) is 0 Å². The van der Waals surface area contributed by atoms with E-state index in [1.54, 1.807) is 4.90 Å². The van der Waals surface area contributed by atoms with Gasteiger partial charge in [0.05, 0.1) is 11.3 Å². The number of likely N-dealkylation sites (tertiary alicyclic amines) is 1. The van der Waals surface area contributed by atoms with Gasteiger partial charge in [-0.1, -0.05) is 0 Å². The van der Waals surface area contributed by atoms with E-state index in [1.165, 1.54) is 19.3 Å². The van der Waals surface area contributed by atoms with Gasteiger partial charge in [-0.3, -0.25) is 4.79 Å².